The first kappa shape index (κ1) is 13.2. The summed E-state index contributed by atoms with van der Waals surface area (Å²) in [6.45, 7) is 0. The molecule has 0 saturated carbocycles. The summed E-state index contributed by atoms with van der Waals surface area (Å²) in [6, 6.07) is 8.42. The lowest BCUT2D eigenvalue weighted by molar-refractivity contribution is -2.00. The average molecular weight is 286 g/mol. The molecule has 7 heteroatoms. The molecular weight excluding hydrogens is 278 g/mol. The Labute approximate surface area is 109 Å². The van der Waals surface area contributed by atoms with Gasteiger partial charge in [-0.1, -0.05) is 0 Å². The summed E-state index contributed by atoms with van der Waals surface area (Å²) in [5, 5.41) is 7.05. The highest BCUT2D eigenvalue weighted by Crippen LogP contribution is 2.20. The maximum atomic E-state index is 8.49. The second kappa shape index (κ2) is 5.15. The lowest BCUT2D eigenvalue weighted by Gasteiger charge is -2.17. The van der Waals surface area contributed by atoms with E-state index in [1.165, 1.54) is 16.3 Å². The van der Waals surface area contributed by atoms with Crippen molar-refractivity contribution in [1.29, 1.82) is 0 Å². The first-order chi connectivity index (χ1) is 8.45. The summed E-state index contributed by atoms with van der Waals surface area (Å²) >= 11 is 1.75. The zero-order valence-electron chi connectivity index (χ0n) is 8.99. The predicted octanol–water partition coefficient (Wildman–Crippen LogP) is -2.12. The zero-order valence-corrected chi connectivity index (χ0v) is 10.6. The number of hydrogen-bond donors (Lipinski definition) is 0. The van der Waals surface area contributed by atoms with Crippen molar-refractivity contribution in [1.82, 2.24) is 0 Å². The van der Waals surface area contributed by atoms with E-state index >= 15 is 0 Å². The summed E-state index contributed by atoms with van der Waals surface area (Å²) in [7, 11) is -4.94. The molecule has 3 aromatic heterocycles. The number of pyridine rings is 2. The van der Waals surface area contributed by atoms with E-state index in [4.69, 9.17) is 18.6 Å². The van der Waals surface area contributed by atoms with Crippen LogP contribution in [0, 0.1) is 10.2 Å². The minimum absolute atomic E-state index is 1.28. The summed E-state index contributed by atoms with van der Waals surface area (Å²) in [5.74, 6) is 0. The van der Waals surface area contributed by atoms with Crippen molar-refractivity contribution in [3.05, 3.63) is 47.4 Å². The van der Waals surface area contributed by atoms with Crippen LogP contribution in [0.1, 0.15) is 0 Å². The van der Waals surface area contributed by atoms with Crippen LogP contribution in [-0.2, 0) is 0 Å². The molecule has 5 nitrogen and oxygen atoms in total. The van der Waals surface area contributed by atoms with Crippen LogP contribution in [0.25, 0.3) is 16.3 Å². The van der Waals surface area contributed by atoms with Crippen molar-refractivity contribution in [3.8, 4) is 0 Å². The molecule has 0 aromatic carbocycles. The van der Waals surface area contributed by atoms with E-state index in [0.29, 0.717) is 0 Å². The quantitative estimate of drug-likeness (QED) is 0.441. The Bertz CT molecular complexity index is 658. The van der Waals surface area contributed by atoms with Gasteiger partial charge >= 0.3 is 0 Å². The predicted molar refractivity (Wildman–Crippen MR) is 55.0 cm³/mol. The van der Waals surface area contributed by atoms with Crippen molar-refractivity contribution in [3.63, 3.8) is 0 Å². The highest BCUT2D eigenvalue weighted by Gasteiger charge is 2.05. The van der Waals surface area contributed by atoms with E-state index in [2.05, 4.69) is 45.8 Å². The van der Waals surface area contributed by atoms with Gasteiger partial charge in [-0.2, -0.15) is 15.7 Å². The van der Waals surface area contributed by atoms with Gasteiger partial charge in [0.25, 0.3) is 0 Å². The van der Waals surface area contributed by atoms with Crippen LogP contribution in [0.2, 0.25) is 0 Å². The third kappa shape index (κ3) is 3.36. The molecule has 0 atom stereocenters. The monoisotopic (exact) mass is 285 g/mol. The molecule has 0 aliphatic rings. The lowest BCUT2D eigenvalue weighted by atomic mass is 10.2. The molecular formula is C11H8ClNO4S. The largest absolute Gasteiger partial charge is 0.222 e. The number of hydrogen-bond acceptors (Lipinski definition) is 5. The highest BCUT2D eigenvalue weighted by molar-refractivity contribution is 7.09. The van der Waals surface area contributed by atoms with Gasteiger partial charge < -0.3 is 0 Å². The summed E-state index contributed by atoms with van der Waals surface area (Å²) in [5.41, 5.74) is 1.28. The van der Waals surface area contributed by atoms with E-state index in [9.17, 15) is 0 Å². The molecule has 0 saturated heterocycles. The number of fused-ring (bicyclic) bond motifs is 3. The molecule has 0 spiro atoms. The maximum absolute atomic E-state index is 8.49. The number of rotatable bonds is 0. The van der Waals surface area contributed by atoms with E-state index in [1.54, 1.807) is 11.3 Å². The van der Waals surface area contributed by atoms with Crippen LogP contribution in [0.3, 0.4) is 0 Å². The molecule has 0 fully saturated rings. The van der Waals surface area contributed by atoms with Gasteiger partial charge in [-0.15, -0.1) is 10.2 Å². The fourth-order valence-electron chi connectivity index (χ4n) is 1.62. The number of thiophene rings is 1. The van der Waals surface area contributed by atoms with Crippen LogP contribution in [0.4, 0.5) is 0 Å². The van der Waals surface area contributed by atoms with Crippen LogP contribution >= 0.6 is 11.3 Å². The number of aromatic nitrogens is 1. The van der Waals surface area contributed by atoms with E-state index in [0.717, 1.165) is 0 Å². The van der Waals surface area contributed by atoms with Crippen LogP contribution in [-0.4, -0.2) is 0 Å². The van der Waals surface area contributed by atoms with Crippen molar-refractivity contribution in [2.75, 3.05) is 0 Å². The Hall–Kier alpha value is -1.28. The molecule has 3 aromatic rings. The van der Waals surface area contributed by atoms with Crippen LogP contribution in [0.15, 0.2) is 47.4 Å². The summed E-state index contributed by atoms with van der Waals surface area (Å²) < 4.78 is 36.1. The molecule has 18 heavy (non-hydrogen) atoms. The normalized spacial score (nSPS) is 11.3. The third-order valence-electron chi connectivity index (χ3n) is 2.27. The number of halogens is 1. The topological polar surface area (TPSA) is 96.3 Å². The Balaban J connectivity index is 0.000000209. The molecule has 0 bridgehead atoms. The average Bonchev–Trinajstić information content (AvgIpc) is 2.75. The Morgan fingerprint density at radius 3 is 2.39 bits per heavy atom. The molecule has 0 N–H and O–H groups in total. The van der Waals surface area contributed by atoms with Gasteiger partial charge in [0.1, 0.15) is 0 Å². The molecule has 3 rings (SSSR count). The molecule has 0 amide bonds. The smallest absolute Gasteiger partial charge is 0.219 e. The standard InChI is InChI=1S/C11H8NS.ClHO4/c1-2-5-12-6-4-9-7-13-8-10(9)11(12)3-1;2-1(3,4)5/h1-8H;(H,2,3,4,5)/q+1;/p-1. The van der Waals surface area contributed by atoms with Crippen LogP contribution < -0.4 is 23.0 Å². The van der Waals surface area contributed by atoms with E-state index in [-0.39, 0.29) is 0 Å². The highest BCUT2D eigenvalue weighted by atomic mass is 35.7. The second-order valence-corrected chi connectivity index (χ2v) is 4.93. The minimum Gasteiger partial charge on any atom is -0.222 e. The molecule has 0 radical (unpaired) electrons. The first-order valence-electron chi connectivity index (χ1n) is 4.82. The van der Waals surface area contributed by atoms with E-state index < -0.39 is 10.2 Å². The SMILES string of the molecule is [O-][Cl+3]([O-])([O-])[O-].c1cc[n+]2ccc3cscc3c2c1. The summed E-state index contributed by atoms with van der Waals surface area (Å²) in [6.07, 6.45) is 4.18. The second-order valence-electron chi connectivity index (χ2n) is 3.43. The molecule has 0 aliphatic carbocycles. The Morgan fingerprint density at radius 1 is 0.944 bits per heavy atom. The van der Waals surface area contributed by atoms with Crippen molar-refractivity contribution in [2.24, 2.45) is 0 Å². The Morgan fingerprint density at radius 2 is 1.67 bits per heavy atom. The van der Waals surface area contributed by atoms with Gasteiger partial charge in [0.15, 0.2) is 12.4 Å². The minimum atomic E-state index is -4.94. The molecule has 0 unspecified atom stereocenters. The van der Waals surface area contributed by atoms with Gasteiger partial charge in [0.05, 0.1) is 5.39 Å². The van der Waals surface area contributed by atoms with Gasteiger partial charge in [-0.05, 0) is 11.4 Å². The van der Waals surface area contributed by atoms with Crippen LogP contribution in [0.5, 0.6) is 0 Å². The lowest BCUT2D eigenvalue weighted by Crippen LogP contribution is -2.68. The van der Waals surface area contributed by atoms with Gasteiger partial charge in [-0.25, -0.2) is 18.6 Å². The zero-order chi connectivity index (χ0) is 13.2. The van der Waals surface area contributed by atoms with Crippen molar-refractivity contribution < 1.29 is 33.3 Å². The van der Waals surface area contributed by atoms with Gasteiger partial charge in [0.2, 0.25) is 5.52 Å². The fourth-order valence-corrected chi connectivity index (χ4v) is 2.43. The third-order valence-corrected chi connectivity index (χ3v) is 3.03. The maximum Gasteiger partial charge on any atom is 0.219 e. The molecule has 0 aliphatic heterocycles. The van der Waals surface area contributed by atoms with Gasteiger partial charge in [-0.3, -0.25) is 0 Å². The van der Waals surface area contributed by atoms with Crippen molar-refractivity contribution in [2.45, 2.75) is 0 Å². The fraction of sp³-hybridized carbons (Fsp3) is 0. The van der Waals surface area contributed by atoms with E-state index in [1.807, 2.05) is 6.07 Å². The number of nitrogens with zero attached hydrogens (tertiary/aromatic N) is 1. The van der Waals surface area contributed by atoms with Crippen molar-refractivity contribution >= 4 is 27.6 Å². The Kier molecular flexibility index (Phi) is 3.76. The summed E-state index contributed by atoms with van der Waals surface area (Å²) in [4.78, 5) is 0. The first-order valence-corrected chi connectivity index (χ1v) is 6.99. The van der Waals surface area contributed by atoms with Gasteiger partial charge in [0, 0.05) is 29.0 Å². The molecule has 3 heterocycles. The molecule has 94 valence electrons.